The van der Waals surface area contributed by atoms with Crippen molar-refractivity contribution in [2.24, 2.45) is 0 Å². The standard InChI is InChI=1S/C15H12ClF3N2O3S/c1-9-4-2-3-5-11(9)14(22)20-21-25(23,24)10-6-7-13(16)12(8-10)15(17,18)19/h2-8,21H,1H3,(H,20,22). The molecule has 2 rings (SSSR count). The number of hydrogen-bond donors (Lipinski definition) is 2. The van der Waals surface area contributed by atoms with Gasteiger partial charge in [-0.25, -0.2) is 8.42 Å². The van der Waals surface area contributed by atoms with Gasteiger partial charge in [-0.05, 0) is 36.8 Å². The first-order chi connectivity index (χ1) is 11.5. The number of aryl methyl sites for hydroxylation is 1. The van der Waals surface area contributed by atoms with E-state index in [0.717, 1.165) is 12.1 Å². The van der Waals surface area contributed by atoms with Crippen molar-refractivity contribution in [1.29, 1.82) is 0 Å². The summed E-state index contributed by atoms with van der Waals surface area (Å²) in [7, 11) is -4.42. The highest BCUT2D eigenvalue weighted by Crippen LogP contribution is 2.35. The number of rotatable bonds is 4. The molecule has 0 heterocycles. The molecular formula is C15H12ClF3N2O3S. The van der Waals surface area contributed by atoms with Gasteiger partial charge >= 0.3 is 6.18 Å². The van der Waals surface area contributed by atoms with E-state index in [-0.39, 0.29) is 5.56 Å². The molecule has 0 radical (unpaired) electrons. The van der Waals surface area contributed by atoms with Crippen LogP contribution in [-0.2, 0) is 16.2 Å². The normalized spacial score (nSPS) is 12.0. The van der Waals surface area contributed by atoms with E-state index in [2.05, 4.69) is 0 Å². The van der Waals surface area contributed by atoms with Gasteiger partial charge < -0.3 is 0 Å². The molecule has 25 heavy (non-hydrogen) atoms. The summed E-state index contributed by atoms with van der Waals surface area (Å²) < 4.78 is 62.7. The topological polar surface area (TPSA) is 75.3 Å². The van der Waals surface area contributed by atoms with Crippen molar-refractivity contribution in [3.63, 3.8) is 0 Å². The molecule has 1 amide bonds. The molecule has 0 aromatic heterocycles. The Balaban J connectivity index is 2.23. The second-order valence-electron chi connectivity index (χ2n) is 5.01. The molecule has 0 saturated heterocycles. The molecule has 0 aliphatic heterocycles. The Labute approximate surface area is 146 Å². The van der Waals surface area contributed by atoms with Gasteiger partial charge in [0.1, 0.15) is 0 Å². The van der Waals surface area contributed by atoms with Crippen LogP contribution in [0.15, 0.2) is 47.4 Å². The first-order valence-corrected chi connectivity index (χ1v) is 8.63. The Bertz CT molecular complexity index is 914. The minimum absolute atomic E-state index is 0.220. The third-order valence-electron chi connectivity index (χ3n) is 3.24. The fourth-order valence-corrected chi connectivity index (χ4v) is 3.05. The number of hydrazine groups is 1. The Morgan fingerprint density at radius 1 is 1.12 bits per heavy atom. The molecule has 2 N–H and O–H groups in total. The average molecular weight is 393 g/mol. The van der Waals surface area contributed by atoms with Gasteiger partial charge in [0.15, 0.2) is 0 Å². The maximum atomic E-state index is 12.8. The summed E-state index contributed by atoms with van der Waals surface area (Å²) in [6, 6.07) is 8.53. The molecule has 10 heteroatoms. The number of benzene rings is 2. The van der Waals surface area contributed by atoms with Gasteiger partial charge in [-0.2, -0.15) is 13.2 Å². The summed E-state index contributed by atoms with van der Waals surface area (Å²) >= 11 is 5.45. The molecule has 0 unspecified atom stereocenters. The van der Waals surface area contributed by atoms with Crippen LogP contribution in [0.25, 0.3) is 0 Å². The SMILES string of the molecule is Cc1ccccc1C(=O)NNS(=O)(=O)c1ccc(Cl)c(C(F)(F)F)c1. The van der Waals surface area contributed by atoms with E-state index in [4.69, 9.17) is 11.6 Å². The van der Waals surface area contributed by atoms with E-state index in [1.165, 1.54) is 6.07 Å². The number of amides is 1. The minimum Gasteiger partial charge on any atom is -0.273 e. The van der Waals surface area contributed by atoms with Gasteiger partial charge in [-0.15, -0.1) is 4.83 Å². The molecule has 0 aliphatic carbocycles. The van der Waals surface area contributed by atoms with Gasteiger partial charge in [0, 0.05) is 5.56 Å². The average Bonchev–Trinajstić information content (AvgIpc) is 2.52. The number of sulfonamides is 1. The fraction of sp³-hybridized carbons (Fsp3) is 0.133. The zero-order valence-corrected chi connectivity index (χ0v) is 14.3. The summed E-state index contributed by atoms with van der Waals surface area (Å²) in [5, 5.41) is -0.629. The van der Waals surface area contributed by atoms with Crippen molar-refractivity contribution in [1.82, 2.24) is 10.3 Å². The van der Waals surface area contributed by atoms with Crippen LogP contribution in [0, 0.1) is 6.92 Å². The minimum atomic E-state index is -4.81. The summed E-state index contributed by atoms with van der Waals surface area (Å²) in [5.74, 6) is -0.744. The van der Waals surface area contributed by atoms with Crippen molar-refractivity contribution in [2.75, 3.05) is 0 Å². The molecule has 2 aromatic carbocycles. The van der Waals surface area contributed by atoms with Crippen LogP contribution in [0.5, 0.6) is 0 Å². The molecule has 0 atom stereocenters. The van der Waals surface area contributed by atoms with Crippen LogP contribution in [0.2, 0.25) is 5.02 Å². The third-order valence-corrected chi connectivity index (χ3v) is 4.82. The van der Waals surface area contributed by atoms with E-state index in [0.29, 0.717) is 11.6 Å². The van der Waals surface area contributed by atoms with E-state index in [1.807, 2.05) is 5.43 Å². The Hall–Kier alpha value is -2.10. The van der Waals surface area contributed by atoms with Gasteiger partial charge in [-0.3, -0.25) is 10.2 Å². The van der Waals surface area contributed by atoms with Gasteiger partial charge in [0.05, 0.1) is 15.5 Å². The van der Waals surface area contributed by atoms with E-state index in [9.17, 15) is 26.4 Å². The molecule has 0 fully saturated rings. The zero-order chi connectivity index (χ0) is 18.8. The lowest BCUT2D eigenvalue weighted by atomic mass is 10.1. The van der Waals surface area contributed by atoms with Crippen LogP contribution >= 0.6 is 11.6 Å². The molecule has 0 bridgehead atoms. The number of carbonyl (C=O) groups is 1. The van der Waals surface area contributed by atoms with Crippen LogP contribution in [-0.4, -0.2) is 14.3 Å². The number of hydrogen-bond acceptors (Lipinski definition) is 3. The molecule has 0 spiro atoms. The van der Waals surface area contributed by atoms with Gasteiger partial charge in [-0.1, -0.05) is 29.8 Å². The van der Waals surface area contributed by atoms with Crippen molar-refractivity contribution >= 4 is 27.5 Å². The summed E-state index contributed by atoms with van der Waals surface area (Å²) in [6.45, 7) is 1.65. The second kappa shape index (κ2) is 7.03. The summed E-state index contributed by atoms with van der Waals surface area (Å²) in [5.41, 5.74) is 1.49. The van der Waals surface area contributed by atoms with Crippen molar-refractivity contribution in [3.05, 3.63) is 64.2 Å². The smallest absolute Gasteiger partial charge is 0.273 e. The highest BCUT2D eigenvalue weighted by molar-refractivity contribution is 7.89. The van der Waals surface area contributed by atoms with Crippen LogP contribution < -0.4 is 10.3 Å². The Morgan fingerprint density at radius 3 is 2.36 bits per heavy atom. The maximum absolute atomic E-state index is 12.8. The van der Waals surface area contributed by atoms with Crippen LogP contribution in [0.4, 0.5) is 13.2 Å². The van der Waals surface area contributed by atoms with Gasteiger partial charge in [0.25, 0.3) is 15.9 Å². The lowest BCUT2D eigenvalue weighted by Gasteiger charge is -2.13. The Morgan fingerprint density at radius 2 is 1.76 bits per heavy atom. The molecule has 2 aromatic rings. The summed E-state index contributed by atoms with van der Waals surface area (Å²) in [6.07, 6.45) is -4.81. The monoisotopic (exact) mass is 392 g/mol. The highest BCUT2D eigenvalue weighted by Gasteiger charge is 2.34. The maximum Gasteiger partial charge on any atom is 0.417 e. The molecule has 0 saturated carbocycles. The third kappa shape index (κ3) is 4.50. The molecule has 134 valence electrons. The molecule has 5 nitrogen and oxygen atoms in total. The zero-order valence-electron chi connectivity index (χ0n) is 12.7. The van der Waals surface area contributed by atoms with E-state index >= 15 is 0 Å². The highest BCUT2D eigenvalue weighted by atomic mass is 35.5. The number of alkyl halides is 3. The first kappa shape index (κ1) is 19.2. The van der Waals surface area contributed by atoms with Crippen LogP contribution in [0.1, 0.15) is 21.5 Å². The lowest BCUT2D eigenvalue weighted by molar-refractivity contribution is -0.137. The molecular weight excluding hydrogens is 381 g/mol. The predicted octanol–water partition coefficient (Wildman–Crippen LogP) is 3.29. The molecule has 0 aliphatic rings. The number of nitrogens with one attached hydrogen (secondary N) is 2. The van der Waals surface area contributed by atoms with E-state index in [1.54, 1.807) is 30.0 Å². The second-order valence-corrected chi connectivity index (χ2v) is 7.10. The van der Waals surface area contributed by atoms with Crippen molar-refractivity contribution in [2.45, 2.75) is 18.0 Å². The van der Waals surface area contributed by atoms with E-state index < -0.39 is 37.6 Å². The predicted molar refractivity (Wildman–Crippen MR) is 85.4 cm³/mol. The lowest BCUT2D eigenvalue weighted by Crippen LogP contribution is -2.41. The largest absolute Gasteiger partial charge is 0.417 e. The summed E-state index contributed by atoms with van der Waals surface area (Å²) in [4.78, 5) is 13.1. The number of carbonyl (C=O) groups excluding carboxylic acids is 1. The fourth-order valence-electron chi connectivity index (χ4n) is 1.96. The van der Waals surface area contributed by atoms with Crippen molar-refractivity contribution in [3.8, 4) is 0 Å². The first-order valence-electron chi connectivity index (χ1n) is 6.77. The quantitative estimate of drug-likeness (QED) is 0.784. The Kier molecular flexibility index (Phi) is 5.40. The van der Waals surface area contributed by atoms with Gasteiger partial charge in [0.2, 0.25) is 0 Å². The van der Waals surface area contributed by atoms with Crippen LogP contribution in [0.3, 0.4) is 0 Å². The number of halogens is 4. The van der Waals surface area contributed by atoms with Crippen molar-refractivity contribution < 1.29 is 26.4 Å².